The third kappa shape index (κ3) is 3.86. The number of rotatable bonds is 5. The highest BCUT2D eigenvalue weighted by Gasteiger charge is 2.23. The van der Waals surface area contributed by atoms with Gasteiger partial charge < -0.3 is 24.4 Å². The van der Waals surface area contributed by atoms with Gasteiger partial charge in [0.05, 0.1) is 11.2 Å². The van der Waals surface area contributed by atoms with E-state index in [1.54, 1.807) is 12.0 Å². The number of fused-ring (bicyclic) bond motifs is 1. The fraction of sp³-hybridized carbons (Fsp3) is 0.412. The number of benzene rings is 1. The molecule has 3 aromatic rings. The summed E-state index contributed by atoms with van der Waals surface area (Å²) in [5, 5.41) is 7.76. The highest BCUT2D eigenvalue weighted by molar-refractivity contribution is 7.13. The fourth-order valence-corrected chi connectivity index (χ4v) is 3.83. The Bertz CT molecular complexity index is 918. The molecule has 1 saturated heterocycles. The van der Waals surface area contributed by atoms with Crippen LogP contribution in [0.4, 0.5) is 10.6 Å². The molecule has 0 spiro atoms. The average molecular weight is 388 g/mol. The number of nitrogens with one attached hydrogen (secondary N) is 1. The summed E-state index contributed by atoms with van der Waals surface area (Å²) in [6.07, 6.45) is 0. The van der Waals surface area contributed by atoms with Gasteiger partial charge in [0.15, 0.2) is 5.82 Å². The summed E-state index contributed by atoms with van der Waals surface area (Å²) >= 11 is 1.51. The van der Waals surface area contributed by atoms with Gasteiger partial charge in [0.25, 0.3) is 0 Å². The van der Waals surface area contributed by atoms with Gasteiger partial charge in [-0.1, -0.05) is 17.3 Å². The van der Waals surface area contributed by atoms with E-state index in [1.807, 2.05) is 12.1 Å². The molecule has 0 aliphatic carbocycles. The summed E-state index contributed by atoms with van der Waals surface area (Å²) in [6, 6.07) is 8.09. The zero-order valence-corrected chi connectivity index (χ0v) is 15.7. The van der Waals surface area contributed by atoms with E-state index in [4.69, 9.17) is 9.26 Å². The Labute approximate surface area is 160 Å². The highest BCUT2D eigenvalue weighted by Crippen LogP contribution is 2.29. The normalized spacial score (nSPS) is 14.7. The van der Waals surface area contributed by atoms with Gasteiger partial charge in [-0.25, -0.2) is 4.79 Å². The first-order chi connectivity index (χ1) is 13.2. The minimum absolute atomic E-state index is 0.135. The predicted molar refractivity (Wildman–Crippen MR) is 101 cm³/mol. The Balaban J connectivity index is 1.30. The van der Waals surface area contributed by atoms with E-state index < -0.39 is 0 Å². The quantitative estimate of drug-likeness (QED) is 0.712. The Kier molecular flexibility index (Phi) is 5.16. The molecule has 1 fully saturated rings. The van der Waals surface area contributed by atoms with Gasteiger partial charge in [0.1, 0.15) is 12.4 Å². The molecule has 27 heavy (non-hydrogen) atoms. The van der Waals surface area contributed by atoms with Gasteiger partial charge in [0, 0.05) is 38.7 Å². The summed E-state index contributed by atoms with van der Waals surface area (Å²) in [5.74, 6) is 1.83. The number of amides is 2. The Morgan fingerprint density at radius 2 is 2.11 bits per heavy atom. The number of carbonyl (C=O) groups excluding carboxylic acids is 1. The summed E-state index contributed by atoms with van der Waals surface area (Å²) < 4.78 is 15.8. The molecule has 1 aliphatic heterocycles. The molecule has 1 N–H and O–H groups in total. The molecule has 0 unspecified atom stereocenters. The zero-order chi connectivity index (χ0) is 18.6. The third-order valence-corrected chi connectivity index (χ3v) is 5.22. The summed E-state index contributed by atoms with van der Waals surface area (Å²) in [6.45, 7) is 3.25. The van der Waals surface area contributed by atoms with Crippen molar-refractivity contribution in [3.63, 3.8) is 0 Å². The van der Waals surface area contributed by atoms with Crippen molar-refractivity contribution in [3.8, 4) is 0 Å². The van der Waals surface area contributed by atoms with Crippen LogP contribution in [0.1, 0.15) is 11.7 Å². The number of hydrogen-bond donors (Lipinski definition) is 1. The molecule has 2 amide bonds. The number of hydrogen-bond acceptors (Lipinski definition) is 8. The maximum absolute atomic E-state index is 12.4. The molecule has 0 radical (unpaired) electrons. The smallest absolute Gasteiger partial charge is 0.317 e. The van der Waals surface area contributed by atoms with E-state index in [-0.39, 0.29) is 19.2 Å². The minimum Gasteiger partial charge on any atom is -0.377 e. The van der Waals surface area contributed by atoms with Gasteiger partial charge >= 0.3 is 6.03 Å². The zero-order valence-electron chi connectivity index (χ0n) is 14.9. The number of aromatic nitrogens is 3. The van der Waals surface area contributed by atoms with E-state index in [0.717, 1.165) is 18.9 Å². The van der Waals surface area contributed by atoms with Crippen LogP contribution in [0.2, 0.25) is 0 Å². The van der Waals surface area contributed by atoms with Gasteiger partial charge in [0.2, 0.25) is 5.89 Å². The number of ether oxygens (including phenoxy) is 1. The first-order valence-electron chi connectivity index (χ1n) is 8.67. The number of piperazine rings is 1. The standard InChI is InChI=1S/C17H20N6O3S/c1-25-11-14-19-15(26-20-14)10-18-17(24)23-8-6-22(7-9-23)16-12-4-2-3-5-13(12)27-21-16/h2-5H,6-11H2,1H3,(H,18,24). The van der Waals surface area contributed by atoms with Crippen molar-refractivity contribution in [1.82, 2.24) is 24.7 Å². The molecule has 1 aromatic carbocycles. The van der Waals surface area contributed by atoms with Crippen molar-refractivity contribution in [2.45, 2.75) is 13.2 Å². The fourth-order valence-electron chi connectivity index (χ4n) is 3.03. The maximum atomic E-state index is 12.4. The average Bonchev–Trinajstić information content (AvgIpc) is 3.33. The Hall–Kier alpha value is -2.72. The van der Waals surface area contributed by atoms with E-state index in [9.17, 15) is 4.79 Å². The van der Waals surface area contributed by atoms with E-state index in [2.05, 4.69) is 36.9 Å². The second kappa shape index (κ2) is 7.89. The Morgan fingerprint density at radius 3 is 2.93 bits per heavy atom. The SMILES string of the molecule is COCc1noc(CNC(=O)N2CCN(c3nsc4ccccc34)CC2)n1. The van der Waals surface area contributed by atoms with Crippen molar-refractivity contribution in [1.29, 1.82) is 0 Å². The maximum Gasteiger partial charge on any atom is 0.317 e. The number of methoxy groups -OCH3 is 1. The van der Waals surface area contributed by atoms with E-state index in [1.165, 1.54) is 21.6 Å². The second-order valence-electron chi connectivity index (χ2n) is 6.17. The third-order valence-electron chi connectivity index (χ3n) is 4.40. The lowest BCUT2D eigenvalue weighted by Gasteiger charge is -2.34. The highest BCUT2D eigenvalue weighted by atomic mass is 32.1. The number of urea groups is 1. The van der Waals surface area contributed by atoms with Crippen molar-refractivity contribution >= 4 is 33.5 Å². The lowest BCUT2D eigenvalue weighted by atomic mass is 10.2. The van der Waals surface area contributed by atoms with Crippen LogP contribution in [-0.2, 0) is 17.9 Å². The van der Waals surface area contributed by atoms with Gasteiger partial charge in [-0.05, 0) is 23.7 Å². The molecule has 9 nitrogen and oxygen atoms in total. The van der Waals surface area contributed by atoms with Crippen molar-refractivity contribution in [3.05, 3.63) is 36.0 Å². The van der Waals surface area contributed by atoms with Crippen LogP contribution in [0.15, 0.2) is 28.8 Å². The van der Waals surface area contributed by atoms with Crippen molar-refractivity contribution in [2.75, 3.05) is 38.2 Å². The summed E-state index contributed by atoms with van der Waals surface area (Å²) in [7, 11) is 1.56. The lowest BCUT2D eigenvalue weighted by Crippen LogP contribution is -2.51. The molecule has 0 bridgehead atoms. The molecule has 2 aromatic heterocycles. The molecular weight excluding hydrogens is 368 g/mol. The Morgan fingerprint density at radius 1 is 1.30 bits per heavy atom. The van der Waals surface area contributed by atoms with E-state index >= 15 is 0 Å². The molecule has 3 heterocycles. The monoisotopic (exact) mass is 388 g/mol. The summed E-state index contributed by atoms with van der Waals surface area (Å²) in [5.41, 5.74) is 0. The van der Waals surface area contributed by atoms with Crippen LogP contribution in [0.25, 0.3) is 10.1 Å². The van der Waals surface area contributed by atoms with Crippen LogP contribution in [-0.4, -0.2) is 58.7 Å². The van der Waals surface area contributed by atoms with Crippen LogP contribution >= 0.6 is 11.5 Å². The van der Waals surface area contributed by atoms with Gasteiger partial charge in [-0.2, -0.15) is 9.36 Å². The van der Waals surface area contributed by atoms with Crippen LogP contribution < -0.4 is 10.2 Å². The summed E-state index contributed by atoms with van der Waals surface area (Å²) in [4.78, 5) is 20.5. The van der Waals surface area contributed by atoms with Crippen molar-refractivity contribution in [2.24, 2.45) is 0 Å². The van der Waals surface area contributed by atoms with Crippen LogP contribution in [0, 0.1) is 0 Å². The molecule has 142 valence electrons. The first kappa shape index (κ1) is 17.7. The van der Waals surface area contributed by atoms with Gasteiger partial charge in [-0.15, -0.1) is 0 Å². The first-order valence-corrected chi connectivity index (χ1v) is 9.44. The van der Waals surface area contributed by atoms with Crippen LogP contribution in [0.3, 0.4) is 0 Å². The minimum atomic E-state index is -0.135. The van der Waals surface area contributed by atoms with E-state index in [0.29, 0.717) is 24.8 Å². The van der Waals surface area contributed by atoms with Gasteiger partial charge in [-0.3, -0.25) is 0 Å². The topological polar surface area (TPSA) is 96.6 Å². The molecule has 10 heteroatoms. The van der Waals surface area contributed by atoms with Crippen molar-refractivity contribution < 1.29 is 14.1 Å². The molecule has 4 rings (SSSR count). The number of anilines is 1. The second-order valence-corrected chi connectivity index (χ2v) is 6.98. The number of carbonyl (C=O) groups is 1. The molecule has 0 atom stereocenters. The molecule has 0 saturated carbocycles. The predicted octanol–water partition coefficient (Wildman–Crippen LogP) is 1.86. The largest absolute Gasteiger partial charge is 0.377 e. The number of nitrogens with zero attached hydrogens (tertiary/aromatic N) is 5. The molecule has 1 aliphatic rings. The lowest BCUT2D eigenvalue weighted by molar-refractivity contribution is 0.174. The molecular formula is C17H20N6O3S. The van der Waals surface area contributed by atoms with Crippen LogP contribution in [0.5, 0.6) is 0 Å².